The molecule has 0 radical (unpaired) electrons. The van der Waals surface area contributed by atoms with Crippen molar-refractivity contribution in [2.75, 3.05) is 7.11 Å². The van der Waals surface area contributed by atoms with Crippen LogP contribution in [0.2, 0.25) is 0 Å². The lowest BCUT2D eigenvalue weighted by atomic mass is 10.0. The molecule has 0 atom stereocenters. The molecule has 4 nitrogen and oxygen atoms in total. The Kier molecular flexibility index (Phi) is 8.01. The predicted molar refractivity (Wildman–Crippen MR) is 109 cm³/mol. The van der Waals surface area contributed by atoms with E-state index >= 15 is 0 Å². The first kappa shape index (κ1) is 23.7. The molecule has 31 heavy (non-hydrogen) atoms. The summed E-state index contributed by atoms with van der Waals surface area (Å²) in [6.07, 6.45) is -1.85. The molecule has 0 aliphatic carbocycles. The van der Waals surface area contributed by atoms with Crippen molar-refractivity contribution in [1.29, 1.82) is 0 Å². The summed E-state index contributed by atoms with van der Waals surface area (Å²) in [5.74, 6) is -0.759. The molecular weight excluding hydrogens is 416 g/mol. The van der Waals surface area contributed by atoms with Crippen molar-refractivity contribution in [3.05, 3.63) is 83.7 Å². The summed E-state index contributed by atoms with van der Waals surface area (Å²) >= 11 is 0. The fraction of sp³-hybridized carbons (Fsp3) is 0.174. The summed E-state index contributed by atoms with van der Waals surface area (Å²) in [5, 5.41) is 9.00. The minimum absolute atomic E-state index is 0.0104. The largest absolute Gasteiger partial charge is 0.497 e. The van der Waals surface area contributed by atoms with Crippen LogP contribution in [0.15, 0.2) is 72.6 Å². The lowest BCUT2D eigenvalue weighted by Gasteiger charge is -2.12. The standard InChI is InChI=1S/C23H20F4O4/c1-3-21(24)20(8-5-9-23(25,26)27)16-6-4-7-17(13-16)31-19-11-15(12-22(28)29)10-18(14-19)30-2/h3-11,13-14H,12H2,1-2H3,(H,28,29)/b9-5+,20-8-,21-3+. The SMILES string of the molecule is C\C=C(F)/C(=C\C=C\C(F)(F)F)c1cccc(Oc2cc(CC(=O)O)cc(OC)c2)c1. The molecule has 0 aliphatic rings. The molecule has 2 aromatic carbocycles. The first-order valence-electron chi connectivity index (χ1n) is 9.07. The maximum Gasteiger partial charge on any atom is 0.409 e. The molecule has 0 aliphatic heterocycles. The summed E-state index contributed by atoms with van der Waals surface area (Å²) < 4.78 is 62.4. The predicted octanol–water partition coefficient (Wildman–Crippen LogP) is 6.49. The molecule has 8 heteroatoms. The van der Waals surface area contributed by atoms with Gasteiger partial charge in [0.1, 0.15) is 23.1 Å². The van der Waals surface area contributed by atoms with Gasteiger partial charge in [0.15, 0.2) is 0 Å². The van der Waals surface area contributed by atoms with Gasteiger partial charge in [-0.3, -0.25) is 4.79 Å². The Morgan fingerprint density at radius 1 is 1.10 bits per heavy atom. The summed E-state index contributed by atoms with van der Waals surface area (Å²) in [4.78, 5) is 11.0. The summed E-state index contributed by atoms with van der Waals surface area (Å²) in [6, 6.07) is 10.8. The number of hydrogen-bond acceptors (Lipinski definition) is 3. The van der Waals surface area contributed by atoms with E-state index in [4.69, 9.17) is 14.6 Å². The van der Waals surface area contributed by atoms with Crippen molar-refractivity contribution < 1.29 is 36.9 Å². The first-order valence-corrected chi connectivity index (χ1v) is 9.07. The molecule has 0 unspecified atom stereocenters. The molecule has 2 rings (SSSR count). The second-order valence-corrected chi connectivity index (χ2v) is 6.33. The minimum atomic E-state index is -4.51. The number of methoxy groups -OCH3 is 1. The lowest BCUT2D eigenvalue weighted by Crippen LogP contribution is -2.01. The summed E-state index contributed by atoms with van der Waals surface area (Å²) in [6.45, 7) is 1.43. The quantitative estimate of drug-likeness (QED) is 0.380. The van der Waals surface area contributed by atoms with Crippen molar-refractivity contribution in [2.24, 2.45) is 0 Å². The molecule has 0 spiro atoms. The monoisotopic (exact) mass is 436 g/mol. The molecule has 164 valence electrons. The van der Waals surface area contributed by atoms with Crippen LogP contribution in [0.25, 0.3) is 5.57 Å². The van der Waals surface area contributed by atoms with Crippen molar-refractivity contribution in [3.8, 4) is 17.2 Å². The van der Waals surface area contributed by atoms with Gasteiger partial charge < -0.3 is 14.6 Å². The maximum atomic E-state index is 14.3. The molecule has 0 saturated carbocycles. The number of carbonyl (C=O) groups is 1. The molecule has 0 aromatic heterocycles. The van der Waals surface area contributed by atoms with E-state index in [1.165, 1.54) is 32.2 Å². The van der Waals surface area contributed by atoms with Crippen LogP contribution >= 0.6 is 0 Å². The van der Waals surface area contributed by atoms with E-state index in [0.717, 1.165) is 18.2 Å². The van der Waals surface area contributed by atoms with Gasteiger partial charge in [0.25, 0.3) is 0 Å². The Bertz CT molecular complexity index is 1020. The van der Waals surface area contributed by atoms with E-state index in [-0.39, 0.29) is 23.8 Å². The van der Waals surface area contributed by atoms with Gasteiger partial charge in [0, 0.05) is 17.7 Å². The maximum absolute atomic E-state index is 14.3. The highest BCUT2D eigenvalue weighted by Crippen LogP contribution is 2.31. The van der Waals surface area contributed by atoms with Crippen molar-refractivity contribution in [1.82, 2.24) is 0 Å². The van der Waals surface area contributed by atoms with Crippen LogP contribution in [-0.2, 0) is 11.2 Å². The Labute approximate surface area is 176 Å². The second kappa shape index (κ2) is 10.5. The molecule has 0 bridgehead atoms. The third-order valence-electron chi connectivity index (χ3n) is 3.97. The van der Waals surface area contributed by atoms with Gasteiger partial charge in [-0.1, -0.05) is 30.4 Å². The molecule has 1 N–H and O–H groups in total. The third kappa shape index (κ3) is 7.65. The van der Waals surface area contributed by atoms with E-state index in [2.05, 4.69) is 0 Å². The van der Waals surface area contributed by atoms with Crippen LogP contribution < -0.4 is 9.47 Å². The van der Waals surface area contributed by atoms with Crippen LogP contribution in [0.5, 0.6) is 17.2 Å². The van der Waals surface area contributed by atoms with Crippen LogP contribution in [0.3, 0.4) is 0 Å². The third-order valence-corrected chi connectivity index (χ3v) is 3.97. The molecule has 0 fully saturated rings. The minimum Gasteiger partial charge on any atom is -0.497 e. The Balaban J connectivity index is 2.39. The van der Waals surface area contributed by atoms with Crippen molar-refractivity contribution >= 4 is 11.5 Å². The van der Waals surface area contributed by atoms with Gasteiger partial charge in [-0.25, -0.2) is 4.39 Å². The fourth-order valence-corrected chi connectivity index (χ4v) is 2.67. The van der Waals surface area contributed by atoms with Gasteiger partial charge in [-0.05, 0) is 42.3 Å². The smallest absolute Gasteiger partial charge is 0.409 e. The number of benzene rings is 2. The number of carboxylic acid groups (broad SMARTS) is 1. The van der Waals surface area contributed by atoms with E-state index in [9.17, 15) is 22.4 Å². The number of hydrogen-bond donors (Lipinski definition) is 1. The zero-order valence-corrected chi connectivity index (χ0v) is 16.7. The lowest BCUT2D eigenvalue weighted by molar-refractivity contribution is -0.136. The summed E-state index contributed by atoms with van der Waals surface area (Å²) in [5.41, 5.74) is 0.704. The van der Waals surface area contributed by atoms with Crippen molar-refractivity contribution in [3.63, 3.8) is 0 Å². The van der Waals surface area contributed by atoms with E-state index in [0.29, 0.717) is 22.6 Å². The van der Waals surface area contributed by atoms with E-state index in [1.807, 2.05) is 0 Å². The Morgan fingerprint density at radius 2 is 1.81 bits per heavy atom. The zero-order chi connectivity index (χ0) is 23.0. The average Bonchev–Trinajstić information content (AvgIpc) is 2.69. The molecule has 0 heterocycles. The number of ether oxygens (including phenoxy) is 2. The summed E-state index contributed by atoms with van der Waals surface area (Å²) in [7, 11) is 1.43. The van der Waals surface area contributed by atoms with E-state index < -0.39 is 18.0 Å². The first-order chi connectivity index (χ1) is 14.6. The number of carboxylic acids is 1. The van der Waals surface area contributed by atoms with Crippen LogP contribution in [0.1, 0.15) is 18.1 Å². The Morgan fingerprint density at radius 3 is 2.42 bits per heavy atom. The number of allylic oxidation sites excluding steroid dienone is 6. The highest BCUT2D eigenvalue weighted by molar-refractivity contribution is 5.78. The van der Waals surface area contributed by atoms with E-state index in [1.54, 1.807) is 24.3 Å². The van der Waals surface area contributed by atoms with Crippen LogP contribution in [-0.4, -0.2) is 24.4 Å². The van der Waals surface area contributed by atoms with Gasteiger partial charge in [0.05, 0.1) is 13.5 Å². The van der Waals surface area contributed by atoms with Crippen LogP contribution in [0.4, 0.5) is 17.6 Å². The molecule has 2 aromatic rings. The number of alkyl halides is 3. The number of aliphatic carboxylic acids is 1. The molecule has 0 saturated heterocycles. The van der Waals surface area contributed by atoms with Gasteiger partial charge in [0.2, 0.25) is 0 Å². The normalized spacial score (nSPS) is 12.8. The second-order valence-electron chi connectivity index (χ2n) is 6.33. The zero-order valence-electron chi connectivity index (χ0n) is 16.7. The molecule has 0 amide bonds. The van der Waals surface area contributed by atoms with Crippen molar-refractivity contribution in [2.45, 2.75) is 19.5 Å². The Hall–Kier alpha value is -3.55. The highest BCUT2D eigenvalue weighted by Gasteiger charge is 2.21. The fourth-order valence-electron chi connectivity index (χ4n) is 2.67. The average molecular weight is 436 g/mol. The van der Waals surface area contributed by atoms with Gasteiger partial charge in [-0.2, -0.15) is 13.2 Å². The molecular formula is C23H20F4O4. The number of rotatable bonds is 8. The van der Waals surface area contributed by atoms with Gasteiger partial charge >= 0.3 is 12.1 Å². The number of halogens is 4. The van der Waals surface area contributed by atoms with Gasteiger partial charge in [-0.15, -0.1) is 0 Å². The highest BCUT2D eigenvalue weighted by atomic mass is 19.4. The van der Waals surface area contributed by atoms with Crippen LogP contribution in [0, 0.1) is 0 Å². The topological polar surface area (TPSA) is 55.8 Å².